The van der Waals surface area contributed by atoms with Gasteiger partial charge in [-0.25, -0.2) is 4.79 Å². The second-order valence-electron chi connectivity index (χ2n) is 4.85. The molecule has 0 aliphatic heterocycles. The van der Waals surface area contributed by atoms with Gasteiger partial charge in [0, 0.05) is 22.3 Å². The number of nitro groups is 1. The van der Waals surface area contributed by atoms with Crippen LogP contribution in [-0.2, 0) is 9.53 Å². The molecule has 0 radical (unpaired) electrons. The van der Waals surface area contributed by atoms with Crippen molar-refractivity contribution in [1.82, 2.24) is 0 Å². The zero-order valence-corrected chi connectivity index (χ0v) is 14.1. The summed E-state index contributed by atoms with van der Waals surface area (Å²) in [7, 11) is 0. The van der Waals surface area contributed by atoms with Gasteiger partial charge in [-0.2, -0.15) is 0 Å². The van der Waals surface area contributed by atoms with E-state index < -0.39 is 22.9 Å². The Morgan fingerprint density at radius 3 is 2.50 bits per heavy atom. The van der Waals surface area contributed by atoms with Crippen LogP contribution in [-0.4, -0.2) is 22.9 Å². The fourth-order valence-corrected chi connectivity index (χ4v) is 2.07. The molecule has 124 valence electrons. The predicted molar refractivity (Wildman–Crippen MR) is 90.7 cm³/mol. The molecule has 0 saturated carbocycles. The van der Waals surface area contributed by atoms with Crippen LogP contribution in [0.3, 0.4) is 0 Å². The van der Waals surface area contributed by atoms with Crippen molar-refractivity contribution in [2.45, 2.75) is 13.0 Å². The van der Waals surface area contributed by atoms with Crippen LogP contribution in [0.15, 0.2) is 53.0 Å². The number of hydrogen-bond acceptors (Lipinski definition) is 5. The lowest BCUT2D eigenvalue weighted by Crippen LogP contribution is -2.30. The summed E-state index contributed by atoms with van der Waals surface area (Å²) in [5.74, 6) is -1.31. The number of anilines is 1. The molecule has 1 amide bonds. The summed E-state index contributed by atoms with van der Waals surface area (Å²) < 4.78 is 5.91. The normalized spacial score (nSPS) is 11.4. The summed E-state index contributed by atoms with van der Waals surface area (Å²) in [4.78, 5) is 34.1. The van der Waals surface area contributed by atoms with Crippen LogP contribution in [0.1, 0.15) is 17.3 Å². The molecule has 0 bridgehead atoms. The van der Waals surface area contributed by atoms with E-state index in [1.807, 2.05) is 0 Å². The fourth-order valence-electron chi connectivity index (χ4n) is 1.81. The van der Waals surface area contributed by atoms with E-state index in [1.54, 1.807) is 24.3 Å². The standard InChI is InChI=1S/C16H13BrN2O5/c1-10(15(20)18-13-7-5-12(17)6-8-13)24-16(21)11-3-2-4-14(9-11)19(22)23/h2-10H,1H3,(H,18,20). The Kier molecular flexibility index (Phi) is 5.64. The van der Waals surface area contributed by atoms with Gasteiger partial charge in [-0.1, -0.05) is 22.0 Å². The van der Waals surface area contributed by atoms with Gasteiger partial charge >= 0.3 is 5.97 Å². The first kappa shape index (κ1) is 17.6. The second kappa shape index (κ2) is 7.69. The highest BCUT2D eigenvalue weighted by molar-refractivity contribution is 9.10. The first-order valence-corrected chi connectivity index (χ1v) is 7.68. The van der Waals surface area contributed by atoms with Crippen molar-refractivity contribution in [3.63, 3.8) is 0 Å². The number of carbonyl (C=O) groups is 2. The molecule has 2 rings (SSSR count). The number of halogens is 1. The minimum absolute atomic E-state index is 0.00694. The van der Waals surface area contributed by atoms with Crippen molar-refractivity contribution in [3.8, 4) is 0 Å². The van der Waals surface area contributed by atoms with E-state index in [-0.39, 0.29) is 11.3 Å². The topological polar surface area (TPSA) is 98.5 Å². The van der Waals surface area contributed by atoms with Gasteiger partial charge in [0.1, 0.15) is 0 Å². The lowest BCUT2D eigenvalue weighted by molar-refractivity contribution is -0.384. The lowest BCUT2D eigenvalue weighted by Gasteiger charge is -2.13. The summed E-state index contributed by atoms with van der Waals surface area (Å²) in [6.45, 7) is 1.42. The van der Waals surface area contributed by atoms with Gasteiger partial charge < -0.3 is 10.1 Å². The van der Waals surface area contributed by atoms with Crippen molar-refractivity contribution >= 4 is 39.2 Å². The number of rotatable bonds is 5. The van der Waals surface area contributed by atoms with Crippen LogP contribution in [0.2, 0.25) is 0 Å². The number of hydrogen-bond donors (Lipinski definition) is 1. The Morgan fingerprint density at radius 2 is 1.88 bits per heavy atom. The zero-order chi connectivity index (χ0) is 17.7. The number of esters is 1. The van der Waals surface area contributed by atoms with Gasteiger partial charge in [0.25, 0.3) is 11.6 Å². The third-order valence-corrected chi connectivity index (χ3v) is 3.59. The quantitative estimate of drug-likeness (QED) is 0.476. The molecule has 8 heteroatoms. The van der Waals surface area contributed by atoms with Crippen molar-refractivity contribution in [3.05, 3.63) is 68.7 Å². The zero-order valence-electron chi connectivity index (χ0n) is 12.6. The molecule has 0 aliphatic carbocycles. The molecule has 0 aliphatic rings. The number of nitro benzene ring substituents is 1. The Balaban J connectivity index is 2.00. The van der Waals surface area contributed by atoms with Gasteiger partial charge in [0.2, 0.25) is 0 Å². The van der Waals surface area contributed by atoms with E-state index in [4.69, 9.17) is 4.74 Å². The first-order chi connectivity index (χ1) is 11.4. The molecule has 7 nitrogen and oxygen atoms in total. The van der Waals surface area contributed by atoms with Crippen LogP contribution in [0, 0.1) is 10.1 Å². The number of nitrogens with one attached hydrogen (secondary N) is 1. The van der Waals surface area contributed by atoms with E-state index in [1.165, 1.54) is 25.1 Å². The third kappa shape index (κ3) is 4.63. The second-order valence-corrected chi connectivity index (χ2v) is 5.77. The minimum Gasteiger partial charge on any atom is -0.449 e. The summed E-state index contributed by atoms with van der Waals surface area (Å²) in [6.07, 6.45) is -1.06. The molecule has 24 heavy (non-hydrogen) atoms. The summed E-state index contributed by atoms with van der Waals surface area (Å²) in [6, 6.07) is 12.0. The summed E-state index contributed by atoms with van der Waals surface area (Å²) in [5, 5.41) is 13.3. The van der Waals surface area contributed by atoms with Gasteiger partial charge in [0.15, 0.2) is 6.10 Å². The maximum absolute atomic E-state index is 12.0. The molecule has 2 aromatic rings. The van der Waals surface area contributed by atoms with Crippen LogP contribution in [0.5, 0.6) is 0 Å². The molecule has 1 unspecified atom stereocenters. The average molecular weight is 393 g/mol. The summed E-state index contributed by atoms with van der Waals surface area (Å²) >= 11 is 3.29. The molecule has 0 saturated heterocycles. The number of amides is 1. The highest BCUT2D eigenvalue weighted by Gasteiger charge is 2.20. The largest absolute Gasteiger partial charge is 0.449 e. The van der Waals surface area contributed by atoms with Crippen molar-refractivity contribution in [2.24, 2.45) is 0 Å². The van der Waals surface area contributed by atoms with Crippen LogP contribution < -0.4 is 5.32 Å². The smallest absolute Gasteiger partial charge is 0.339 e. The van der Waals surface area contributed by atoms with E-state index in [9.17, 15) is 19.7 Å². The molecule has 0 spiro atoms. The maximum atomic E-state index is 12.0. The predicted octanol–water partition coefficient (Wildman–Crippen LogP) is 3.54. The number of non-ortho nitro benzene ring substituents is 1. The Labute approximate surface area is 145 Å². The van der Waals surface area contributed by atoms with E-state index in [0.29, 0.717) is 5.69 Å². The molecule has 0 aromatic heterocycles. The van der Waals surface area contributed by atoms with Gasteiger partial charge in [-0.3, -0.25) is 14.9 Å². The molecule has 0 fully saturated rings. The molecular weight excluding hydrogens is 380 g/mol. The highest BCUT2D eigenvalue weighted by atomic mass is 79.9. The molecule has 1 N–H and O–H groups in total. The van der Waals surface area contributed by atoms with Crippen LogP contribution in [0.4, 0.5) is 11.4 Å². The van der Waals surface area contributed by atoms with Crippen LogP contribution >= 0.6 is 15.9 Å². The van der Waals surface area contributed by atoms with Crippen LogP contribution in [0.25, 0.3) is 0 Å². The number of ether oxygens (including phenoxy) is 1. The van der Waals surface area contributed by atoms with Crippen molar-refractivity contribution in [1.29, 1.82) is 0 Å². The first-order valence-electron chi connectivity index (χ1n) is 6.88. The lowest BCUT2D eigenvalue weighted by atomic mass is 10.2. The SMILES string of the molecule is CC(OC(=O)c1cccc([N+](=O)[O-])c1)C(=O)Nc1ccc(Br)cc1. The molecular formula is C16H13BrN2O5. The Bertz CT molecular complexity index is 776. The van der Waals surface area contributed by atoms with Crippen molar-refractivity contribution < 1.29 is 19.2 Å². The van der Waals surface area contributed by atoms with E-state index in [0.717, 1.165) is 10.5 Å². The van der Waals surface area contributed by atoms with E-state index in [2.05, 4.69) is 21.2 Å². The Hall–Kier alpha value is -2.74. The van der Waals surface area contributed by atoms with Gasteiger partial charge in [0.05, 0.1) is 10.5 Å². The van der Waals surface area contributed by atoms with Gasteiger partial charge in [-0.05, 0) is 37.3 Å². The molecule has 2 aromatic carbocycles. The molecule has 1 atom stereocenters. The number of nitrogens with zero attached hydrogens (tertiary/aromatic N) is 1. The maximum Gasteiger partial charge on any atom is 0.339 e. The third-order valence-electron chi connectivity index (χ3n) is 3.06. The number of carbonyl (C=O) groups excluding carboxylic acids is 2. The molecule has 0 heterocycles. The summed E-state index contributed by atoms with van der Waals surface area (Å²) in [5.41, 5.74) is 0.338. The van der Waals surface area contributed by atoms with E-state index >= 15 is 0 Å². The van der Waals surface area contributed by atoms with Gasteiger partial charge in [-0.15, -0.1) is 0 Å². The average Bonchev–Trinajstić information content (AvgIpc) is 2.56. The van der Waals surface area contributed by atoms with Crippen molar-refractivity contribution in [2.75, 3.05) is 5.32 Å². The minimum atomic E-state index is -1.06. The monoisotopic (exact) mass is 392 g/mol. The number of benzene rings is 2. The Morgan fingerprint density at radius 1 is 1.21 bits per heavy atom. The highest BCUT2D eigenvalue weighted by Crippen LogP contribution is 2.16. The fraction of sp³-hybridized carbons (Fsp3) is 0.125.